The largest absolute Gasteiger partial charge is 0.481 e. The topological polar surface area (TPSA) is 79.7 Å². The Labute approximate surface area is 136 Å². The van der Waals surface area contributed by atoms with Crippen LogP contribution in [-0.4, -0.2) is 46.1 Å². The fourth-order valence-electron chi connectivity index (χ4n) is 2.90. The van der Waals surface area contributed by atoms with E-state index in [0.29, 0.717) is 18.8 Å². The van der Waals surface area contributed by atoms with Gasteiger partial charge in [-0.25, -0.2) is 4.98 Å². The highest BCUT2D eigenvalue weighted by atomic mass is 16.5. The van der Waals surface area contributed by atoms with E-state index in [-0.39, 0.29) is 30.2 Å². The molecule has 126 valence electrons. The molecule has 0 aromatic carbocycles. The first-order valence-corrected chi connectivity index (χ1v) is 7.92. The van der Waals surface area contributed by atoms with E-state index < -0.39 is 11.4 Å². The van der Waals surface area contributed by atoms with Crippen LogP contribution in [0.3, 0.4) is 0 Å². The van der Waals surface area contributed by atoms with Gasteiger partial charge in [0.05, 0.1) is 11.5 Å². The maximum atomic E-state index is 12.6. The van der Waals surface area contributed by atoms with Crippen LogP contribution in [0.1, 0.15) is 44.6 Å². The molecule has 1 aliphatic heterocycles. The molecule has 23 heavy (non-hydrogen) atoms. The van der Waals surface area contributed by atoms with Gasteiger partial charge in [-0.05, 0) is 32.3 Å². The molecule has 0 spiro atoms. The fourth-order valence-corrected chi connectivity index (χ4v) is 2.90. The van der Waals surface area contributed by atoms with Crippen LogP contribution in [-0.2, 0) is 4.79 Å². The summed E-state index contributed by atoms with van der Waals surface area (Å²) in [4.78, 5) is 30.1. The minimum absolute atomic E-state index is 0.0276. The highest BCUT2D eigenvalue weighted by Crippen LogP contribution is 2.38. The smallest absolute Gasteiger partial charge is 0.311 e. The maximum Gasteiger partial charge on any atom is 0.311 e. The van der Waals surface area contributed by atoms with Crippen molar-refractivity contribution in [3.63, 3.8) is 0 Å². The number of pyridine rings is 1. The molecule has 1 N–H and O–H groups in total. The summed E-state index contributed by atoms with van der Waals surface area (Å²) in [6, 6.07) is 5.06. The molecule has 2 heterocycles. The van der Waals surface area contributed by atoms with E-state index in [9.17, 15) is 14.7 Å². The number of carboxylic acids is 1. The first-order valence-electron chi connectivity index (χ1n) is 7.92. The second-order valence-electron chi connectivity index (χ2n) is 6.62. The monoisotopic (exact) mass is 320 g/mol. The van der Waals surface area contributed by atoms with E-state index in [0.717, 1.165) is 0 Å². The summed E-state index contributed by atoms with van der Waals surface area (Å²) in [5.41, 5.74) is -0.588. The summed E-state index contributed by atoms with van der Waals surface area (Å²) < 4.78 is 5.51. The Kier molecular flexibility index (Phi) is 4.92. The molecule has 1 aromatic rings. The zero-order valence-electron chi connectivity index (χ0n) is 14.1. The Morgan fingerprint density at radius 3 is 2.52 bits per heavy atom. The number of nitrogens with zero attached hydrogens (tertiary/aromatic N) is 2. The van der Waals surface area contributed by atoms with Crippen molar-refractivity contribution < 1.29 is 19.4 Å². The molecule has 2 rings (SSSR count). The summed E-state index contributed by atoms with van der Waals surface area (Å²) in [6.07, 6.45) is 0.439. The molecule has 1 amide bonds. The number of rotatable bonds is 5. The average Bonchev–Trinajstić information content (AvgIpc) is 2.92. The van der Waals surface area contributed by atoms with Crippen molar-refractivity contribution >= 4 is 11.9 Å². The van der Waals surface area contributed by atoms with Crippen LogP contribution in [0.4, 0.5) is 0 Å². The summed E-state index contributed by atoms with van der Waals surface area (Å²) in [5.74, 6) is -0.726. The van der Waals surface area contributed by atoms with Gasteiger partial charge < -0.3 is 14.7 Å². The number of carbonyl (C=O) groups excluding carboxylic acids is 1. The summed E-state index contributed by atoms with van der Waals surface area (Å²) in [6.45, 7) is 8.20. The lowest BCUT2D eigenvalue weighted by Crippen LogP contribution is -2.40. The van der Waals surface area contributed by atoms with Crippen molar-refractivity contribution in [3.8, 4) is 5.88 Å². The van der Waals surface area contributed by atoms with E-state index in [2.05, 4.69) is 4.98 Å². The van der Waals surface area contributed by atoms with Crippen molar-refractivity contribution in [1.82, 2.24) is 9.88 Å². The third-order valence-corrected chi connectivity index (χ3v) is 4.42. The van der Waals surface area contributed by atoms with Crippen molar-refractivity contribution in [1.29, 1.82) is 0 Å². The van der Waals surface area contributed by atoms with Crippen LogP contribution < -0.4 is 4.74 Å². The van der Waals surface area contributed by atoms with Crippen molar-refractivity contribution in [3.05, 3.63) is 23.9 Å². The van der Waals surface area contributed by atoms with E-state index in [1.807, 2.05) is 27.7 Å². The molecule has 6 heteroatoms. The Balaban J connectivity index is 2.17. The number of hydrogen-bond acceptors (Lipinski definition) is 4. The molecular formula is C17H24N2O4. The van der Waals surface area contributed by atoms with Gasteiger partial charge >= 0.3 is 5.97 Å². The molecule has 1 fully saturated rings. The molecule has 1 aromatic heterocycles. The van der Waals surface area contributed by atoms with Crippen molar-refractivity contribution in [2.24, 2.45) is 11.3 Å². The SMILES string of the molecule is CC(C)Oc1cccc(C(=O)N2CCC(C(=O)O)(C(C)C)C2)n1. The van der Waals surface area contributed by atoms with Gasteiger partial charge in [-0.1, -0.05) is 19.9 Å². The molecule has 1 aliphatic rings. The average molecular weight is 320 g/mol. The highest BCUT2D eigenvalue weighted by Gasteiger charge is 2.48. The third-order valence-electron chi connectivity index (χ3n) is 4.42. The van der Waals surface area contributed by atoms with Crippen molar-refractivity contribution in [2.75, 3.05) is 13.1 Å². The summed E-state index contributed by atoms with van der Waals surface area (Å²) in [7, 11) is 0. The van der Waals surface area contributed by atoms with Crippen LogP contribution in [0.2, 0.25) is 0 Å². The number of aliphatic carboxylic acids is 1. The number of ether oxygens (including phenoxy) is 1. The zero-order chi connectivity index (χ0) is 17.2. The van der Waals surface area contributed by atoms with Crippen LogP contribution in [0.15, 0.2) is 18.2 Å². The molecule has 0 radical (unpaired) electrons. The maximum absolute atomic E-state index is 12.6. The van der Waals surface area contributed by atoms with E-state index in [1.54, 1.807) is 23.1 Å². The van der Waals surface area contributed by atoms with Crippen LogP contribution in [0.25, 0.3) is 0 Å². The number of carboxylic acid groups (broad SMARTS) is 1. The molecule has 6 nitrogen and oxygen atoms in total. The predicted molar refractivity (Wildman–Crippen MR) is 85.4 cm³/mol. The van der Waals surface area contributed by atoms with Gasteiger partial charge in [-0.2, -0.15) is 0 Å². The van der Waals surface area contributed by atoms with Gasteiger partial charge in [0.15, 0.2) is 0 Å². The van der Waals surface area contributed by atoms with Gasteiger partial charge in [0, 0.05) is 19.2 Å². The van der Waals surface area contributed by atoms with Crippen LogP contribution in [0, 0.1) is 11.3 Å². The highest BCUT2D eigenvalue weighted by molar-refractivity contribution is 5.93. The lowest BCUT2D eigenvalue weighted by atomic mass is 9.76. The van der Waals surface area contributed by atoms with Gasteiger partial charge in [-0.15, -0.1) is 0 Å². The van der Waals surface area contributed by atoms with Gasteiger partial charge in [0.2, 0.25) is 5.88 Å². The summed E-state index contributed by atoms with van der Waals surface area (Å²) >= 11 is 0. The van der Waals surface area contributed by atoms with E-state index >= 15 is 0 Å². The lowest BCUT2D eigenvalue weighted by molar-refractivity contribution is -0.150. The first kappa shape index (κ1) is 17.2. The quantitative estimate of drug-likeness (QED) is 0.901. The fraction of sp³-hybridized carbons (Fsp3) is 0.588. The number of amides is 1. The third kappa shape index (κ3) is 3.46. The Hall–Kier alpha value is -2.11. The molecule has 0 saturated carbocycles. The zero-order valence-corrected chi connectivity index (χ0v) is 14.1. The molecule has 0 aliphatic carbocycles. The molecule has 1 unspecified atom stereocenters. The van der Waals surface area contributed by atoms with Crippen LogP contribution in [0.5, 0.6) is 5.88 Å². The van der Waals surface area contributed by atoms with Crippen LogP contribution >= 0.6 is 0 Å². The first-order chi connectivity index (χ1) is 10.8. The predicted octanol–water partition coefficient (Wildman–Crippen LogP) is 2.44. The minimum Gasteiger partial charge on any atom is -0.481 e. The molecular weight excluding hydrogens is 296 g/mol. The van der Waals surface area contributed by atoms with E-state index in [4.69, 9.17) is 4.74 Å². The molecule has 1 atom stereocenters. The van der Waals surface area contributed by atoms with Gasteiger partial charge in [0.1, 0.15) is 5.69 Å². The Bertz CT molecular complexity index is 600. The minimum atomic E-state index is -0.873. The second-order valence-corrected chi connectivity index (χ2v) is 6.62. The molecule has 1 saturated heterocycles. The van der Waals surface area contributed by atoms with Crippen molar-refractivity contribution in [2.45, 2.75) is 40.2 Å². The second kappa shape index (κ2) is 6.56. The molecule has 0 bridgehead atoms. The normalized spacial score (nSPS) is 21.0. The Morgan fingerprint density at radius 1 is 1.30 bits per heavy atom. The number of hydrogen-bond donors (Lipinski definition) is 1. The van der Waals surface area contributed by atoms with Gasteiger partial charge in [0.25, 0.3) is 5.91 Å². The number of aromatic nitrogens is 1. The Morgan fingerprint density at radius 2 is 2.00 bits per heavy atom. The number of carbonyl (C=O) groups is 2. The number of likely N-dealkylation sites (tertiary alicyclic amines) is 1. The summed E-state index contributed by atoms with van der Waals surface area (Å²) in [5, 5.41) is 9.57. The van der Waals surface area contributed by atoms with E-state index in [1.165, 1.54) is 0 Å². The standard InChI is InChI=1S/C17H24N2O4/c1-11(2)17(16(21)22)8-9-19(10-17)15(20)13-6-5-7-14(18-13)23-12(3)4/h5-7,11-12H,8-10H2,1-4H3,(H,21,22). The lowest BCUT2D eigenvalue weighted by Gasteiger charge is -2.28. The van der Waals surface area contributed by atoms with Gasteiger partial charge in [-0.3, -0.25) is 9.59 Å².